The van der Waals surface area contributed by atoms with Gasteiger partial charge in [-0.2, -0.15) is 0 Å². The van der Waals surface area contributed by atoms with E-state index in [-0.39, 0.29) is 12.1 Å². The Kier molecular flexibility index (Phi) is 5.40. The van der Waals surface area contributed by atoms with Gasteiger partial charge in [0.1, 0.15) is 11.9 Å². The summed E-state index contributed by atoms with van der Waals surface area (Å²) in [5, 5.41) is 0.542. The van der Waals surface area contributed by atoms with Crippen LogP contribution in [0.1, 0.15) is 25.0 Å². The Balaban J connectivity index is 2.29. The summed E-state index contributed by atoms with van der Waals surface area (Å²) in [7, 11) is 0. The van der Waals surface area contributed by atoms with Crippen molar-refractivity contribution in [3.63, 3.8) is 0 Å². The number of nitrogens with two attached hydrogens (primary N) is 1. The maximum Gasteiger partial charge on any atom is 0.140 e. The van der Waals surface area contributed by atoms with E-state index in [1.807, 2.05) is 31.2 Å². The van der Waals surface area contributed by atoms with Gasteiger partial charge in [-0.25, -0.2) is 0 Å². The van der Waals surface area contributed by atoms with Crippen molar-refractivity contribution in [1.29, 1.82) is 0 Å². The van der Waals surface area contributed by atoms with Crippen LogP contribution in [0.5, 0.6) is 5.75 Å². The molecule has 0 amide bonds. The second kappa shape index (κ2) is 7.07. The van der Waals surface area contributed by atoms with E-state index in [9.17, 15) is 0 Å². The minimum atomic E-state index is -0.238. The summed E-state index contributed by atoms with van der Waals surface area (Å²) in [4.78, 5) is 4.03. The molecule has 0 bridgehead atoms. The number of halogens is 2. The fourth-order valence-electron chi connectivity index (χ4n) is 1.90. The summed E-state index contributed by atoms with van der Waals surface area (Å²) in [6.45, 7) is 2.04. The first kappa shape index (κ1) is 15.3. The number of hydrogen-bond donors (Lipinski definition) is 1. The van der Waals surface area contributed by atoms with Crippen molar-refractivity contribution in [2.45, 2.75) is 25.5 Å². The number of aromatic nitrogens is 1. The molecule has 1 heterocycles. The van der Waals surface area contributed by atoms with Crippen LogP contribution < -0.4 is 10.5 Å². The Morgan fingerprint density at radius 3 is 2.80 bits per heavy atom. The number of hydrogen-bond acceptors (Lipinski definition) is 3. The molecule has 2 unspecified atom stereocenters. The zero-order chi connectivity index (χ0) is 14.5. The van der Waals surface area contributed by atoms with Gasteiger partial charge in [-0.15, -0.1) is 0 Å². The molecule has 2 N–H and O–H groups in total. The highest BCUT2D eigenvalue weighted by molar-refractivity contribution is 9.10. The van der Waals surface area contributed by atoms with Gasteiger partial charge in [-0.3, -0.25) is 4.98 Å². The fourth-order valence-corrected chi connectivity index (χ4v) is 2.48. The molecule has 0 fully saturated rings. The Bertz CT molecular complexity index is 579. The Morgan fingerprint density at radius 1 is 1.35 bits per heavy atom. The van der Waals surface area contributed by atoms with Crippen LogP contribution in [0.25, 0.3) is 0 Å². The molecule has 2 aromatic rings. The molecule has 0 saturated carbocycles. The second-order valence-electron chi connectivity index (χ2n) is 4.50. The number of pyridine rings is 1. The average molecular weight is 356 g/mol. The molecule has 2 rings (SSSR count). The molecule has 0 aliphatic rings. The molecule has 3 nitrogen and oxygen atoms in total. The molecule has 2 atom stereocenters. The fraction of sp³-hybridized carbons (Fsp3) is 0.267. The van der Waals surface area contributed by atoms with Crippen LogP contribution in [-0.4, -0.2) is 11.0 Å². The van der Waals surface area contributed by atoms with Gasteiger partial charge in [0, 0.05) is 22.8 Å². The van der Waals surface area contributed by atoms with Gasteiger partial charge in [0.05, 0.1) is 11.2 Å². The van der Waals surface area contributed by atoms with Crippen LogP contribution in [0, 0.1) is 0 Å². The topological polar surface area (TPSA) is 48.1 Å². The highest BCUT2D eigenvalue weighted by Crippen LogP contribution is 2.28. The smallest absolute Gasteiger partial charge is 0.140 e. The average Bonchev–Trinajstić information content (AvgIpc) is 2.44. The Hall–Kier alpha value is -1.10. The molecular formula is C15H16BrClN2O. The zero-order valence-corrected chi connectivity index (χ0v) is 13.4. The monoisotopic (exact) mass is 354 g/mol. The second-order valence-corrected chi connectivity index (χ2v) is 5.86. The van der Waals surface area contributed by atoms with Crippen molar-refractivity contribution in [3.05, 3.63) is 57.8 Å². The molecule has 0 aliphatic carbocycles. The van der Waals surface area contributed by atoms with E-state index in [2.05, 4.69) is 20.9 Å². The molecule has 0 spiro atoms. The molecule has 5 heteroatoms. The van der Waals surface area contributed by atoms with Crippen molar-refractivity contribution < 1.29 is 4.74 Å². The number of benzene rings is 1. The van der Waals surface area contributed by atoms with E-state index in [0.29, 0.717) is 10.8 Å². The van der Waals surface area contributed by atoms with Gasteiger partial charge < -0.3 is 10.5 Å². The lowest BCUT2D eigenvalue weighted by atomic mass is 10.0. The minimum absolute atomic E-state index is 0.108. The van der Waals surface area contributed by atoms with E-state index in [1.165, 1.54) is 0 Å². The van der Waals surface area contributed by atoms with Crippen LogP contribution in [0.15, 0.2) is 47.2 Å². The number of rotatable bonds is 5. The SMILES string of the molecule is CCC(N)C(Oc1cncc(Cl)c1)c1cccc(Br)c1. The Labute approximate surface area is 132 Å². The summed E-state index contributed by atoms with van der Waals surface area (Å²) < 4.78 is 6.99. The van der Waals surface area contributed by atoms with E-state index in [1.54, 1.807) is 18.5 Å². The third kappa shape index (κ3) is 3.95. The van der Waals surface area contributed by atoms with Crippen molar-refractivity contribution >= 4 is 27.5 Å². The van der Waals surface area contributed by atoms with Crippen LogP contribution >= 0.6 is 27.5 Å². The maximum atomic E-state index is 6.19. The molecule has 0 radical (unpaired) electrons. The van der Waals surface area contributed by atoms with Gasteiger partial charge in [0.15, 0.2) is 0 Å². The molecule has 0 saturated heterocycles. The standard InChI is InChI=1S/C15H16BrClN2O/c1-2-14(18)15(10-4-3-5-11(16)6-10)20-13-7-12(17)8-19-9-13/h3-9,14-15H,2,18H2,1H3. The quantitative estimate of drug-likeness (QED) is 0.867. The van der Waals surface area contributed by atoms with Gasteiger partial charge in [0.25, 0.3) is 0 Å². The highest BCUT2D eigenvalue weighted by atomic mass is 79.9. The van der Waals surface area contributed by atoms with Gasteiger partial charge in [-0.1, -0.05) is 46.6 Å². The van der Waals surface area contributed by atoms with Crippen LogP contribution in [0.4, 0.5) is 0 Å². The molecule has 106 valence electrons. The first-order valence-electron chi connectivity index (χ1n) is 6.38. The van der Waals surface area contributed by atoms with Gasteiger partial charge in [0.2, 0.25) is 0 Å². The van der Waals surface area contributed by atoms with Crippen molar-refractivity contribution in [2.75, 3.05) is 0 Å². The predicted molar refractivity (Wildman–Crippen MR) is 85.0 cm³/mol. The van der Waals surface area contributed by atoms with E-state index >= 15 is 0 Å². The summed E-state index contributed by atoms with van der Waals surface area (Å²) in [5.41, 5.74) is 7.21. The largest absolute Gasteiger partial charge is 0.482 e. The van der Waals surface area contributed by atoms with Crippen LogP contribution in [-0.2, 0) is 0 Å². The van der Waals surface area contributed by atoms with Crippen LogP contribution in [0.2, 0.25) is 5.02 Å². The van der Waals surface area contributed by atoms with Gasteiger partial charge in [-0.05, 0) is 24.1 Å². The van der Waals surface area contributed by atoms with E-state index in [0.717, 1.165) is 16.5 Å². The van der Waals surface area contributed by atoms with Gasteiger partial charge >= 0.3 is 0 Å². The molecular weight excluding hydrogens is 340 g/mol. The first-order valence-corrected chi connectivity index (χ1v) is 7.55. The number of nitrogens with zero attached hydrogens (tertiary/aromatic N) is 1. The molecule has 1 aromatic carbocycles. The number of ether oxygens (including phenoxy) is 1. The lowest BCUT2D eigenvalue weighted by Crippen LogP contribution is -2.31. The summed E-state index contributed by atoms with van der Waals surface area (Å²) >= 11 is 9.40. The highest BCUT2D eigenvalue weighted by Gasteiger charge is 2.21. The van der Waals surface area contributed by atoms with Crippen molar-refractivity contribution in [3.8, 4) is 5.75 Å². The van der Waals surface area contributed by atoms with Crippen molar-refractivity contribution in [2.24, 2.45) is 5.73 Å². The maximum absolute atomic E-state index is 6.19. The normalized spacial score (nSPS) is 13.8. The molecule has 1 aromatic heterocycles. The lowest BCUT2D eigenvalue weighted by Gasteiger charge is -2.24. The van der Waals surface area contributed by atoms with E-state index in [4.69, 9.17) is 22.1 Å². The van der Waals surface area contributed by atoms with Crippen molar-refractivity contribution in [1.82, 2.24) is 4.98 Å². The summed E-state index contributed by atoms with van der Waals surface area (Å²) in [5.74, 6) is 0.617. The molecule has 0 aliphatic heterocycles. The van der Waals surface area contributed by atoms with Crippen LogP contribution in [0.3, 0.4) is 0 Å². The lowest BCUT2D eigenvalue weighted by molar-refractivity contribution is 0.170. The third-order valence-electron chi connectivity index (χ3n) is 2.98. The minimum Gasteiger partial charge on any atom is -0.482 e. The van der Waals surface area contributed by atoms with E-state index < -0.39 is 0 Å². The Morgan fingerprint density at radius 2 is 2.15 bits per heavy atom. The first-order chi connectivity index (χ1) is 9.60. The third-order valence-corrected chi connectivity index (χ3v) is 3.68. The molecule has 20 heavy (non-hydrogen) atoms. The zero-order valence-electron chi connectivity index (χ0n) is 11.1. The summed E-state index contributed by atoms with van der Waals surface area (Å²) in [6, 6.07) is 9.58. The predicted octanol–water partition coefficient (Wildman–Crippen LogP) is 4.35. The summed E-state index contributed by atoms with van der Waals surface area (Å²) in [6.07, 6.45) is 3.78.